The Labute approximate surface area is 114 Å². The highest BCUT2D eigenvalue weighted by atomic mass is 15.1. The zero-order chi connectivity index (χ0) is 13.2. The quantitative estimate of drug-likeness (QED) is 0.828. The molecule has 98 valence electrons. The molecule has 0 unspecified atom stereocenters. The Morgan fingerprint density at radius 3 is 2.84 bits per heavy atom. The van der Waals surface area contributed by atoms with Gasteiger partial charge in [-0.1, -0.05) is 30.3 Å². The first-order chi connectivity index (χ1) is 9.24. The summed E-state index contributed by atoms with van der Waals surface area (Å²) in [5.74, 6) is 0. The second kappa shape index (κ2) is 4.96. The van der Waals surface area contributed by atoms with Gasteiger partial charge in [-0.2, -0.15) is 0 Å². The lowest BCUT2D eigenvalue weighted by Crippen LogP contribution is -2.29. The fourth-order valence-corrected chi connectivity index (χ4v) is 2.82. The molecule has 2 aromatic rings. The molecule has 2 heteroatoms. The molecule has 0 fully saturated rings. The van der Waals surface area contributed by atoms with Gasteiger partial charge in [0.2, 0.25) is 0 Å². The third-order valence-electron chi connectivity index (χ3n) is 3.95. The van der Waals surface area contributed by atoms with Crippen molar-refractivity contribution < 1.29 is 0 Å². The molecule has 2 aromatic carbocycles. The molecule has 2 N–H and O–H groups in total. The summed E-state index contributed by atoms with van der Waals surface area (Å²) in [6.45, 7) is 4.27. The predicted octanol–water partition coefficient (Wildman–Crippen LogP) is 3.53. The average molecular weight is 252 g/mol. The molecule has 0 spiro atoms. The van der Waals surface area contributed by atoms with Crippen LogP contribution in [0.4, 0.5) is 11.4 Å². The maximum atomic E-state index is 5.94. The van der Waals surface area contributed by atoms with Crippen LogP contribution in [0.5, 0.6) is 0 Å². The van der Waals surface area contributed by atoms with Crippen molar-refractivity contribution in [3.8, 4) is 0 Å². The van der Waals surface area contributed by atoms with Crippen LogP contribution in [0.3, 0.4) is 0 Å². The van der Waals surface area contributed by atoms with Crippen molar-refractivity contribution >= 4 is 11.4 Å². The molecule has 0 aromatic heterocycles. The van der Waals surface area contributed by atoms with E-state index in [1.54, 1.807) is 0 Å². The molecule has 0 aliphatic carbocycles. The fraction of sp³-hybridized carbons (Fsp3) is 0.294. The Kier molecular flexibility index (Phi) is 3.16. The molecule has 0 saturated carbocycles. The summed E-state index contributed by atoms with van der Waals surface area (Å²) in [6, 6.07) is 14.9. The lowest BCUT2D eigenvalue weighted by Gasteiger charge is -2.32. The summed E-state index contributed by atoms with van der Waals surface area (Å²) in [5, 5.41) is 0. The van der Waals surface area contributed by atoms with Gasteiger partial charge in [-0.3, -0.25) is 0 Å². The summed E-state index contributed by atoms with van der Waals surface area (Å²) in [4.78, 5) is 2.46. The molecule has 0 radical (unpaired) electrons. The van der Waals surface area contributed by atoms with Gasteiger partial charge in [0.1, 0.15) is 0 Å². The van der Waals surface area contributed by atoms with Crippen LogP contribution in [0.25, 0.3) is 0 Å². The van der Waals surface area contributed by atoms with Gasteiger partial charge in [0.15, 0.2) is 0 Å². The number of hydrogen-bond acceptors (Lipinski definition) is 2. The van der Waals surface area contributed by atoms with E-state index in [1.807, 2.05) is 6.07 Å². The van der Waals surface area contributed by atoms with Gasteiger partial charge in [-0.25, -0.2) is 0 Å². The molecule has 3 rings (SSSR count). The van der Waals surface area contributed by atoms with Gasteiger partial charge >= 0.3 is 0 Å². The van der Waals surface area contributed by atoms with E-state index in [-0.39, 0.29) is 0 Å². The van der Waals surface area contributed by atoms with E-state index in [0.29, 0.717) is 0 Å². The van der Waals surface area contributed by atoms with Crippen LogP contribution < -0.4 is 10.6 Å². The molecule has 19 heavy (non-hydrogen) atoms. The monoisotopic (exact) mass is 252 g/mol. The minimum atomic E-state index is 0.857. The zero-order valence-corrected chi connectivity index (χ0v) is 11.4. The number of anilines is 2. The minimum Gasteiger partial charge on any atom is -0.399 e. The number of hydrogen-bond donors (Lipinski definition) is 1. The molecule has 1 aliphatic rings. The van der Waals surface area contributed by atoms with Gasteiger partial charge in [0.05, 0.1) is 0 Å². The normalized spacial score (nSPS) is 14.3. The molecule has 1 aliphatic heterocycles. The molecule has 2 nitrogen and oxygen atoms in total. The van der Waals surface area contributed by atoms with Crippen molar-refractivity contribution in [1.29, 1.82) is 0 Å². The topological polar surface area (TPSA) is 29.3 Å². The number of fused-ring (bicyclic) bond motifs is 1. The molecule has 1 heterocycles. The first-order valence-corrected chi connectivity index (χ1v) is 6.92. The van der Waals surface area contributed by atoms with E-state index in [9.17, 15) is 0 Å². The predicted molar refractivity (Wildman–Crippen MR) is 81.4 cm³/mol. The van der Waals surface area contributed by atoms with E-state index in [4.69, 9.17) is 5.73 Å². The van der Waals surface area contributed by atoms with E-state index in [1.165, 1.54) is 35.2 Å². The van der Waals surface area contributed by atoms with Crippen LogP contribution >= 0.6 is 0 Å². The molecule has 0 amide bonds. The smallest absolute Gasteiger partial charge is 0.0432 e. The van der Waals surface area contributed by atoms with Crippen molar-refractivity contribution in [2.75, 3.05) is 17.2 Å². The second-order valence-electron chi connectivity index (χ2n) is 5.34. The van der Waals surface area contributed by atoms with Gasteiger partial charge in [0.25, 0.3) is 0 Å². The summed E-state index contributed by atoms with van der Waals surface area (Å²) in [5.41, 5.74) is 12.3. The van der Waals surface area contributed by atoms with Gasteiger partial charge in [-0.05, 0) is 48.6 Å². The summed E-state index contributed by atoms with van der Waals surface area (Å²) in [6.07, 6.45) is 2.39. The maximum absolute atomic E-state index is 5.94. The molecule has 0 bridgehead atoms. The van der Waals surface area contributed by atoms with Gasteiger partial charge < -0.3 is 10.6 Å². The van der Waals surface area contributed by atoms with Crippen molar-refractivity contribution in [3.63, 3.8) is 0 Å². The molecule has 0 atom stereocenters. The summed E-state index contributed by atoms with van der Waals surface area (Å²) in [7, 11) is 0. The first kappa shape index (κ1) is 12.1. The first-order valence-electron chi connectivity index (χ1n) is 6.92. The van der Waals surface area contributed by atoms with Crippen molar-refractivity contribution in [2.45, 2.75) is 26.3 Å². The summed E-state index contributed by atoms with van der Waals surface area (Å²) >= 11 is 0. The number of nitrogens with two attached hydrogens (primary N) is 1. The van der Waals surface area contributed by atoms with E-state index in [2.05, 4.69) is 48.2 Å². The lowest BCUT2D eigenvalue weighted by molar-refractivity contribution is 0.690. The molecular weight excluding hydrogens is 232 g/mol. The van der Waals surface area contributed by atoms with Crippen molar-refractivity contribution in [3.05, 3.63) is 59.2 Å². The Balaban J connectivity index is 1.92. The van der Waals surface area contributed by atoms with Gasteiger partial charge in [0, 0.05) is 24.5 Å². The standard InChI is InChI=1S/C17H20N2/c1-13-5-2-3-6-15(13)12-19-10-4-7-14-8-9-16(18)11-17(14)19/h2-3,5-6,8-9,11H,4,7,10,12,18H2,1H3. The SMILES string of the molecule is Cc1ccccc1CN1CCCc2ccc(N)cc21. The van der Waals surface area contributed by atoms with Crippen LogP contribution in [0.1, 0.15) is 23.1 Å². The van der Waals surface area contributed by atoms with Crippen LogP contribution in [-0.2, 0) is 13.0 Å². The fourth-order valence-electron chi connectivity index (χ4n) is 2.82. The highest BCUT2D eigenvalue weighted by Gasteiger charge is 2.17. The van der Waals surface area contributed by atoms with Crippen LogP contribution in [0, 0.1) is 6.92 Å². The third-order valence-corrected chi connectivity index (χ3v) is 3.95. The minimum absolute atomic E-state index is 0.857. The number of rotatable bonds is 2. The Morgan fingerprint density at radius 2 is 2.00 bits per heavy atom. The highest BCUT2D eigenvalue weighted by molar-refractivity contribution is 5.62. The lowest BCUT2D eigenvalue weighted by atomic mass is 9.99. The number of aryl methyl sites for hydroxylation is 2. The highest BCUT2D eigenvalue weighted by Crippen LogP contribution is 2.30. The average Bonchev–Trinajstić information content (AvgIpc) is 2.42. The molecule has 0 saturated heterocycles. The van der Waals surface area contributed by atoms with E-state index in [0.717, 1.165) is 18.8 Å². The van der Waals surface area contributed by atoms with Crippen molar-refractivity contribution in [2.24, 2.45) is 0 Å². The number of nitrogen functional groups attached to an aromatic ring is 1. The van der Waals surface area contributed by atoms with Crippen LogP contribution in [0.15, 0.2) is 42.5 Å². The maximum Gasteiger partial charge on any atom is 0.0432 e. The van der Waals surface area contributed by atoms with E-state index >= 15 is 0 Å². The third kappa shape index (κ3) is 2.43. The Morgan fingerprint density at radius 1 is 1.16 bits per heavy atom. The van der Waals surface area contributed by atoms with Crippen LogP contribution in [0.2, 0.25) is 0 Å². The zero-order valence-electron chi connectivity index (χ0n) is 11.4. The largest absolute Gasteiger partial charge is 0.399 e. The van der Waals surface area contributed by atoms with Gasteiger partial charge in [-0.15, -0.1) is 0 Å². The van der Waals surface area contributed by atoms with Crippen LogP contribution in [-0.4, -0.2) is 6.54 Å². The molecular formula is C17H20N2. The van der Waals surface area contributed by atoms with Crippen molar-refractivity contribution in [1.82, 2.24) is 0 Å². The number of benzene rings is 2. The number of nitrogens with zero attached hydrogens (tertiary/aromatic N) is 1. The van der Waals surface area contributed by atoms with E-state index < -0.39 is 0 Å². The Bertz CT molecular complexity index is 590. The second-order valence-corrected chi connectivity index (χ2v) is 5.34. The Hall–Kier alpha value is -1.96. The summed E-state index contributed by atoms with van der Waals surface area (Å²) < 4.78 is 0.